The molecule has 0 saturated carbocycles. The van der Waals surface area contributed by atoms with E-state index in [4.69, 9.17) is 11.5 Å². The Labute approximate surface area is 126 Å². The molecule has 0 saturated heterocycles. The molecule has 3 rings (SSSR count). The van der Waals surface area contributed by atoms with E-state index in [-0.39, 0.29) is 0 Å². The number of nitrogens with zero attached hydrogens (tertiary/aromatic N) is 1. The lowest BCUT2D eigenvalue weighted by Gasteiger charge is -2.07. The Morgan fingerprint density at radius 1 is 1.00 bits per heavy atom. The van der Waals surface area contributed by atoms with Crippen LogP contribution in [-0.2, 0) is 0 Å². The number of carbonyl (C=O) groups excluding carboxylic acids is 1. The Hall–Kier alpha value is -2.66. The van der Waals surface area contributed by atoms with Crippen LogP contribution in [-0.4, -0.2) is 10.9 Å². The number of primary amides is 1. The Morgan fingerprint density at radius 2 is 1.67 bits per heavy atom. The highest BCUT2D eigenvalue weighted by atomic mass is 32.1. The van der Waals surface area contributed by atoms with Gasteiger partial charge in [-0.2, -0.15) is 0 Å². The summed E-state index contributed by atoms with van der Waals surface area (Å²) in [6.45, 7) is 0. The minimum atomic E-state index is -0.429. The van der Waals surface area contributed by atoms with E-state index in [0.29, 0.717) is 10.7 Å². The molecule has 0 aliphatic carbocycles. The van der Waals surface area contributed by atoms with Gasteiger partial charge in [-0.1, -0.05) is 42.5 Å². The van der Waals surface area contributed by atoms with Crippen molar-refractivity contribution in [1.82, 2.24) is 4.98 Å². The maximum absolute atomic E-state index is 11.5. The number of aromatic nitrogens is 1. The van der Waals surface area contributed by atoms with Crippen molar-refractivity contribution in [2.24, 2.45) is 5.73 Å². The second-order valence-corrected chi connectivity index (χ2v) is 5.45. The van der Waals surface area contributed by atoms with Crippen molar-refractivity contribution in [1.29, 1.82) is 0 Å². The number of carbonyl (C=O) groups is 1. The lowest BCUT2D eigenvalue weighted by Crippen LogP contribution is -2.12. The second kappa shape index (κ2) is 5.38. The molecular weight excluding hydrogens is 282 g/mol. The zero-order chi connectivity index (χ0) is 14.8. The van der Waals surface area contributed by atoms with Gasteiger partial charge in [-0.15, -0.1) is 11.3 Å². The van der Waals surface area contributed by atoms with Crippen molar-refractivity contribution in [3.05, 3.63) is 59.5 Å². The Bertz CT molecular complexity index is 793. The Kier molecular flexibility index (Phi) is 3.41. The fourth-order valence-corrected chi connectivity index (χ4v) is 2.76. The number of thiazole rings is 1. The highest BCUT2D eigenvalue weighted by Gasteiger charge is 2.09. The van der Waals surface area contributed by atoms with Crippen LogP contribution in [0.1, 0.15) is 10.4 Å². The van der Waals surface area contributed by atoms with Crippen LogP contribution in [0.2, 0.25) is 0 Å². The van der Waals surface area contributed by atoms with Crippen molar-refractivity contribution in [3.8, 4) is 22.4 Å². The van der Waals surface area contributed by atoms with E-state index in [0.717, 1.165) is 22.4 Å². The molecule has 0 radical (unpaired) electrons. The van der Waals surface area contributed by atoms with Gasteiger partial charge in [0.05, 0.1) is 5.69 Å². The molecule has 0 aliphatic heterocycles. The summed E-state index contributed by atoms with van der Waals surface area (Å²) in [5.74, 6) is -0.429. The highest BCUT2D eigenvalue weighted by Crippen LogP contribution is 2.28. The van der Waals surface area contributed by atoms with Gasteiger partial charge in [-0.05, 0) is 17.2 Å². The van der Waals surface area contributed by atoms with Gasteiger partial charge < -0.3 is 11.5 Å². The van der Waals surface area contributed by atoms with E-state index < -0.39 is 5.91 Å². The molecule has 2 aromatic carbocycles. The first kappa shape index (κ1) is 13.3. The molecule has 5 heteroatoms. The molecule has 1 heterocycles. The SMILES string of the molecule is NC(=O)c1ccccc1-c1ccc(-c2csc(N)n2)cc1. The predicted octanol–water partition coefficient (Wildman–Crippen LogP) is 3.16. The average molecular weight is 295 g/mol. The number of hydrogen-bond acceptors (Lipinski definition) is 4. The minimum absolute atomic E-state index is 0.429. The molecule has 0 atom stereocenters. The third-order valence-electron chi connectivity index (χ3n) is 3.21. The number of nitrogens with two attached hydrogens (primary N) is 2. The van der Waals surface area contributed by atoms with Gasteiger partial charge in [0.1, 0.15) is 0 Å². The maximum Gasteiger partial charge on any atom is 0.249 e. The zero-order valence-corrected chi connectivity index (χ0v) is 11.9. The summed E-state index contributed by atoms with van der Waals surface area (Å²) in [5.41, 5.74) is 15.2. The molecule has 0 unspecified atom stereocenters. The van der Waals surface area contributed by atoms with Gasteiger partial charge in [0, 0.05) is 16.5 Å². The van der Waals surface area contributed by atoms with E-state index >= 15 is 0 Å². The normalized spacial score (nSPS) is 10.5. The van der Waals surface area contributed by atoms with Crippen LogP contribution in [0.15, 0.2) is 53.9 Å². The highest BCUT2D eigenvalue weighted by molar-refractivity contribution is 7.13. The lowest BCUT2D eigenvalue weighted by molar-refractivity contribution is 0.100. The molecular formula is C16H13N3OS. The predicted molar refractivity (Wildman–Crippen MR) is 85.9 cm³/mol. The quantitative estimate of drug-likeness (QED) is 0.778. The van der Waals surface area contributed by atoms with Gasteiger partial charge >= 0.3 is 0 Å². The van der Waals surface area contributed by atoms with Crippen LogP contribution in [0.5, 0.6) is 0 Å². The largest absolute Gasteiger partial charge is 0.375 e. The van der Waals surface area contributed by atoms with Gasteiger partial charge in [-0.25, -0.2) is 4.98 Å². The molecule has 0 bridgehead atoms. The fourth-order valence-electron chi connectivity index (χ4n) is 2.19. The van der Waals surface area contributed by atoms with E-state index in [1.165, 1.54) is 11.3 Å². The number of rotatable bonds is 3. The summed E-state index contributed by atoms with van der Waals surface area (Å²) in [6.07, 6.45) is 0. The van der Waals surface area contributed by atoms with Crippen molar-refractivity contribution in [2.45, 2.75) is 0 Å². The third kappa shape index (κ3) is 2.64. The summed E-state index contributed by atoms with van der Waals surface area (Å²) in [6, 6.07) is 15.1. The molecule has 4 N–H and O–H groups in total. The van der Waals surface area contributed by atoms with Gasteiger partial charge in [-0.3, -0.25) is 4.79 Å². The number of nitrogen functional groups attached to an aromatic ring is 1. The van der Waals surface area contributed by atoms with Crippen molar-refractivity contribution in [2.75, 3.05) is 5.73 Å². The first-order chi connectivity index (χ1) is 10.1. The standard InChI is InChI=1S/C16H13N3OS/c17-15(20)13-4-2-1-3-12(13)10-5-7-11(8-6-10)14-9-21-16(18)19-14/h1-9H,(H2,17,20)(H2,18,19). The number of hydrogen-bond donors (Lipinski definition) is 2. The Balaban J connectivity index is 2.00. The van der Waals surface area contributed by atoms with E-state index in [2.05, 4.69) is 4.98 Å². The molecule has 0 fully saturated rings. The molecule has 0 spiro atoms. The van der Waals surface area contributed by atoms with Crippen molar-refractivity contribution >= 4 is 22.4 Å². The van der Waals surface area contributed by atoms with Crippen molar-refractivity contribution < 1.29 is 4.79 Å². The number of amides is 1. The van der Waals surface area contributed by atoms with Crippen LogP contribution < -0.4 is 11.5 Å². The van der Waals surface area contributed by atoms with E-state index in [1.54, 1.807) is 12.1 Å². The maximum atomic E-state index is 11.5. The lowest BCUT2D eigenvalue weighted by atomic mass is 9.98. The van der Waals surface area contributed by atoms with E-state index in [1.807, 2.05) is 41.8 Å². The molecule has 104 valence electrons. The molecule has 21 heavy (non-hydrogen) atoms. The summed E-state index contributed by atoms with van der Waals surface area (Å²) >= 11 is 1.41. The average Bonchev–Trinajstić information content (AvgIpc) is 2.94. The molecule has 4 nitrogen and oxygen atoms in total. The monoisotopic (exact) mass is 295 g/mol. The van der Waals surface area contributed by atoms with Gasteiger partial charge in [0.2, 0.25) is 5.91 Å². The summed E-state index contributed by atoms with van der Waals surface area (Å²) in [4.78, 5) is 15.7. The molecule has 1 aromatic heterocycles. The van der Waals surface area contributed by atoms with Crippen LogP contribution >= 0.6 is 11.3 Å². The zero-order valence-electron chi connectivity index (χ0n) is 11.1. The van der Waals surface area contributed by atoms with Gasteiger partial charge in [0.25, 0.3) is 0 Å². The second-order valence-electron chi connectivity index (χ2n) is 4.56. The fraction of sp³-hybridized carbons (Fsp3) is 0. The molecule has 1 amide bonds. The van der Waals surface area contributed by atoms with Crippen molar-refractivity contribution in [3.63, 3.8) is 0 Å². The first-order valence-electron chi connectivity index (χ1n) is 6.36. The van der Waals surface area contributed by atoms with Crippen LogP contribution in [0, 0.1) is 0 Å². The van der Waals surface area contributed by atoms with Crippen LogP contribution in [0.3, 0.4) is 0 Å². The topological polar surface area (TPSA) is 82.0 Å². The summed E-state index contributed by atoms with van der Waals surface area (Å²) in [5, 5.41) is 2.47. The number of benzene rings is 2. The van der Waals surface area contributed by atoms with Crippen LogP contribution in [0.4, 0.5) is 5.13 Å². The third-order valence-corrected chi connectivity index (χ3v) is 3.88. The Morgan fingerprint density at radius 3 is 2.29 bits per heavy atom. The van der Waals surface area contributed by atoms with Gasteiger partial charge in [0.15, 0.2) is 5.13 Å². The first-order valence-corrected chi connectivity index (χ1v) is 7.24. The number of anilines is 1. The molecule has 3 aromatic rings. The van der Waals surface area contributed by atoms with Crippen LogP contribution in [0.25, 0.3) is 22.4 Å². The smallest absolute Gasteiger partial charge is 0.249 e. The minimum Gasteiger partial charge on any atom is -0.375 e. The summed E-state index contributed by atoms with van der Waals surface area (Å²) < 4.78 is 0. The molecule has 0 aliphatic rings. The summed E-state index contributed by atoms with van der Waals surface area (Å²) in [7, 11) is 0. The van der Waals surface area contributed by atoms with E-state index in [9.17, 15) is 4.79 Å².